The molecule has 0 bridgehead atoms. The first-order valence-corrected chi connectivity index (χ1v) is 4.57. The SMILES string of the molecule is CNC(OC)c1cc(C)ccc1OC. The summed E-state index contributed by atoms with van der Waals surface area (Å²) in [6.07, 6.45) is -0.121. The number of hydrogen-bond donors (Lipinski definition) is 1. The van der Waals surface area contributed by atoms with Crippen molar-refractivity contribution in [1.29, 1.82) is 0 Å². The molecular formula is C11H17NO2. The van der Waals surface area contributed by atoms with Crippen LogP contribution in [0.5, 0.6) is 5.75 Å². The first kappa shape index (κ1) is 11.0. The number of aryl methyl sites for hydroxylation is 1. The van der Waals surface area contributed by atoms with Crippen molar-refractivity contribution in [3.63, 3.8) is 0 Å². The number of methoxy groups -OCH3 is 2. The number of nitrogens with one attached hydrogen (secondary N) is 1. The fourth-order valence-corrected chi connectivity index (χ4v) is 1.46. The van der Waals surface area contributed by atoms with E-state index in [9.17, 15) is 0 Å². The summed E-state index contributed by atoms with van der Waals surface area (Å²) >= 11 is 0. The lowest BCUT2D eigenvalue weighted by molar-refractivity contribution is 0.0786. The lowest BCUT2D eigenvalue weighted by Crippen LogP contribution is -2.18. The molecule has 0 aliphatic carbocycles. The molecule has 0 amide bonds. The Morgan fingerprint density at radius 3 is 2.50 bits per heavy atom. The van der Waals surface area contributed by atoms with Gasteiger partial charge in [0.25, 0.3) is 0 Å². The highest BCUT2D eigenvalue weighted by atomic mass is 16.5. The second-order valence-corrected chi connectivity index (χ2v) is 3.15. The number of rotatable bonds is 4. The van der Waals surface area contributed by atoms with Crippen LogP contribution in [0.2, 0.25) is 0 Å². The van der Waals surface area contributed by atoms with Gasteiger partial charge in [-0.1, -0.05) is 11.6 Å². The zero-order valence-corrected chi connectivity index (χ0v) is 9.13. The monoisotopic (exact) mass is 195 g/mol. The molecule has 0 saturated heterocycles. The highest BCUT2D eigenvalue weighted by molar-refractivity contribution is 5.38. The molecule has 0 spiro atoms. The van der Waals surface area contributed by atoms with Crippen LogP contribution in [-0.4, -0.2) is 21.3 Å². The molecule has 78 valence electrons. The van der Waals surface area contributed by atoms with Crippen LogP contribution in [0.1, 0.15) is 17.4 Å². The van der Waals surface area contributed by atoms with Crippen LogP contribution in [-0.2, 0) is 4.74 Å². The first-order valence-electron chi connectivity index (χ1n) is 4.57. The molecular weight excluding hydrogens is 178 g/mol. The molecule has 3 nitrogen and oxygen atoms in total. The second-order valence-electron chi connectivity index (χ2n) is 3.15. The van der Waals surface area contributed by atoms with Crippen molar-refractivity contribution < 1.29 is 9.47 Å². The minimum Gasteiger partial charge on any atom is -0.496 e. The summed E-state index contributed by atoms with van der Waals surface area (Å²) in [6.45, 7) is 2.05. The molecule has 1 unspecified atom stereocenters. The highest BCUT2D eigenvalue weighted by Crippen LogP contribution is 2.26. The van der Waals surface area contributed by atoms with Gasteiger partial charge >= 0.3 is 0 Å². The van der Waals surface area contributed by atoms with Gasteiger partial charge < -0.3 is 9.47 Å². The molecule has 0 aromatic heterocycles. The van der Waals surface area contributed by atoms with E-state index in [-0.39, 0.29) is 6.23 Å². The van der Waals surface area contributed by atoms with E-state index >= 15 is 0 Å². The minimum atomic E-state index is -0.121. The second kappa shape index (κ2) is 4.98. The van der Waals surface area contributed by atoms with Gasteiger partial charge in [-0.3, -0.25) is 5.32 Å². The minimum absolute atomic E-state index is 0.121. The van der Waals surface area contributed by atoms with Crippen LogP contribution >= 0.6 is 0 Å². The van der Waals surface area contributed by atoms with Crippen LogP contribution in [0.25, 0.3) is 0 Å². The van der Waals surface area contributed by atoms with Crippen LogP contribution in [0, 0.1) is 6.92 Å². The normalized spacial score (nSPS) is 12.6. The van der Waals surface area contributed by atoms with Gasteiger partial charge in [0.1, 0.15) is 12.0 Å². The van der Waals surface area contributed by atoms with Gasteiger partial charge in [0.05, 0.1) is 7.11 Å². The van der Waals surface area contributed by atoms with E-state index in [0.29, 0.717) is 0 Å². The number of ether oxygens (including phenoxy) is 2. The van der Waals surface area contributed by atoms with E-state index in [1.165, 1.54) is 5.56 Å². The quantitative estimate of drug-likeness (QED) is 0.744. The summed E-state index contributed by atoms with van der Waals surface area (Å²) in [6, 6.07) is 6.03. The predicted octanol–water partition coefficient (Wildman–Crippen LogP) is 1.87. The summed E-state index contributed by atoms with van der Waals surface area (Å²) in [5.41, 5.74) is 2.22. The van der Waals surface area contributed by atoms with E-state index < -0.39 is 0 Å². The molecule has 1 aromatic carbocycles. The topological polar surface area (TPSA) is 30.5 Å². The molecule has 3 heteroatoms. The van der Waals surface area contributed by atoms with Crippen molar-refractivity contribution in [2.75, 3.05) is 21.3 Å². The molecule has 0 aliphatic heterocycles. The Labute approximate surface area is 85.0 Å². The van der Waals surface area contributed by atoms with Crippen LogP contribution in [0.15, 0.2) is 18.2 Å². The third-order valence-electron chi connectivity index (χ3n) is 2.17. The summed E-state index contributed by atoms with van der Waals surface area (Å²) in [7, 11) is 5.19. The van der Waals surface area contributed by atoms with E-state index in [1.54, 1.807) is 14.2 Å². The lowest BCUT2D eigenvalue weighted by Gasteiger charge is -2.18. The van der Waals surface area contributed by atoms with Crippen LogP contribution in [0.3, 0.4) is 0 Å². The molecule has 0 fully saturated rings. The summed E-state index contributed by atoms with van der Waals surface area (Å²) < 4.78 is 10.6. The summed E-state index contributed by atoms with van der Waals surface area (Å²) in [5.74, 6) is 0.844. The predicted molar refractivity (Wildman–Crippen MR) is 56.5 cm³/mol. The van der Waals surface area contributed by atoms with Gasteiger partial charge in [-0.05, 0) is 26.1 Å². The van der Waals surface area contributed by atoms with Crippen molar-refractivity contribution in [2.45, 2.75) is 13.2 Å². The van der Waals surface area contributed by atoms with E-state index in [1.807, 2.05) is 26.1 Å². The molecule has 0 aliphatic rings. The Hall–Kier alpha value is -1.06. The van der Waals surface area contributed by atoms with Gasteiger partial charge in [-0.2, -0.15) is 0 Å². The molecule has 1 rings (SSSR count). The average Bonchev–Trinajstić information content (AvgIpc) is 2.20. The Balaban J connectivity index is 3.08. The summed E-state index contributed by atoms with van der Waals surface area (Å²) in [5, 5.41) is 3.07. The van der Waals surface area contributed by atoms with Gasteiger partial charge in [0.2, 0.25) is 0 Å². The fourth-order valence-electron chi connectivity index (χ4n) is 1.46. The van der Waals surface area contributed by atoms with Crippen molar-refractivity contribution in [2.24, 2.45) is 0 Å². The standard InChI is InChI=1S/C11H17NO2/c1-8-5-6-10(13-3)9(7-8)11(12-2)14-4/h5-7,11-12H,1-4H3. The smallest absolute Gasteiger partial charge is 0.137 e. The van der Waals surface area contributed by atoms with E-state index in [2.05, 4.69) is 11.4 Å². The zero-order valence-electron chi connectivity index (χ0n) is 9.13. The molecule has 1 atom stereocenters. The van der Waals surface area contributed by atoms with E-state index in [0.717, 1.165) is 11.3 Å². The molecule has 1 N–H and O–H groups in total. The lowest BCUT2D eigenvalue weighted by atomic mass is 10.1. The highest BCUT2D eigenvalue weighted by Gasteiger charge is 2.13. The van der Waals surface area contributed by atoms with Gasteiger partial charge in [-0.25, -0.2) is 0 Å². The largest absolute Gasteiger partial charge is 0.496 e. The van der Waals surface area contributed by atoms with Crippen molar-refractivity contribution in [3.8, 4) is 5.75 Å². The molecule has 0 radical (unpaired) electrons. The maximum absolute atomic E-state index is 5.29. The average molecular weight is 195 g/mol. The Bertz CT molecular complexity index is 295. The Morgan fingerprint density at radius 2 is 2.00 bits per heavy atom. The third-order valence-corrected chi connectivity index (χ3v) is 2.17. The van der Waals surface area contributed by atoms with Crippen LogP contribution < -0.4 is 10.1 Å². The molecule has 1 aromatic rings. The zero-order chi connectivity index (χ0) is 10.6. The number of hydrogen-bond acceptors (Lipinski definition) is 3. The maximum atomic E-state index is 5.29. The number of benzene rings is 1. The van der Waals surface area contributed by atoms with Crippen molar-refractivity contribution in [1.82, 2.24) is 5.32 Å². The first-order chi connectivity index (χ1) is 6.72. The van der Waals surface area contributed by atoms with Crippen LogP contribution in [0.4, 0.5) is 0 Å². The molecule has 14 heavy (non-hydrogen) atoms. The summed E-state index contributed by atoms with van der Waals surface area (Å²) in [4.78, 5) is 0. The van der Waals surface area contributed by atoms with Gasteiger partial charge in [0.15, 0.2) is 0 Å². The third kappa shape index (κ3) is 2.25. The molecule has 0 saturated carbocycles. The van der Waals surface area contributed by atoms with Gasteiger partial charge in [-0.15, -0.1) is 0 Å². The fraction of sp³-hybridized carbons (Fsp3) is 0.455. The van der Waals surface area contributed by atoms with Crippen molar-refractivity contribution >= 4 is 0 Å². The van der Waals surface area contributed by atoms with Crippen molar-refractivity contribution in [3.05, 3.63) is 29.3 Å². The Kier molecular flexibility index (Phi) is 3.92. The van der Waals surface area contributed by atoms with Gasteiger partial charge in [0, 0.05) is 12.7 Å². The molecule has 0 heterocycles. The maximum Gasteiger partial charge on any atom is 0.137 e. The van der Waals surface area contributed by atoms with E-state index in [4.69, 9.17) is 9.47 Å². The Morgan fingerprint density at radius 1 is 1.29 bits per heavy atom.